The van der Waals surface area contributed by atoms with E-state index in [2.05, 4.69) is 0 Å². The zero-order valence-corrected chi connectivity index (χ0v) is 15.9. The van der Waals surface area contributed by atoms with Gasteiger partial charge in [0.2, 0.25) is 0 Å². The molecule has 2 heterocycles. The van der Waals surface area contributed by atoms with Crippen molar-refractivity contribution < 1.29 is 18.7 Å². The third-order valence-corrected chi connectivity index (χ3v) is 5.11. The minimum atomic E-state index is -0.491. The molecule has 2 amide bonds. The molecule has 144 valence electrons. The molecule has 1 saturated heterocycles. The van der Waals surface area contributed by atoms with Crippen LogP contribution in [0.25, 0.3) is 0 Å². The minimum absolute atomic E-state index is 0.00842. The van der Waals surface area contributed by atoms with E-state index in [-0.39, 0.29) is 24.2 Å². The van der Waals surface area contributed by atoms with Crippen molar-refractivity contribution in [3.8, 4) is 5.75 Å². The van der Waals surface area contributed by atoms with Crippen molar-refractivity contribution in [2.75, 3.05) is 32.8 Å². The van der Waals surface area contributed by atoms with Crippen LogP contribution in [0.1, 0.15) is 21.7 Å². The molecule has 0 spiro atoms. The summed E-state index contributed by atoms with van der Waals surface area (Å²) in [5.41, 5.74) is 2.68. The molecule has 27 heavy (non-hydrogen) atoms. The molecule has 1 aliphatic rings. The van der Waals surface area contributed by atoms with E-state index < -0.39 is 5.82 Å². The van der Waals surface area contributed by atoms with Crippen LogP contribution in [0.4, 0.5) is 4.39 Å². The second kappa shape index (κ2) is 7.82. The lowest BCUT2D eigenvalue weighted by molar-refractivity contribution is -0.134. The summed E-state index contributed by atoms with van der Waals surface area (Å²) >= 11 is 0. The lowest BCUT2D eigenvalue weighted by Gasteiger charge is -2.34. The number of para-hydroxylation sites is 1. The fourth-order valence-electron chi connectivity index (χ4n) is 3.19. The number of aryl methyl sites for hydroxylation is 1. The van der Waals surface area contributed by atoms with E-state index in [0.717, 1.165) is 11.4 Å². The average molecular weight is 373 g/mol. The van der Waals surface area contributed by atoms with E-state index in [0.29, 0.717) is 31.7 Å². The Labute approximate surface area is 158 Å². The normalized spacial score (nSPS) is 14.4. The summed E-state index contributed by atoms with van der Waals surface area (Å²) in [6.45, 7) is 5.50. The van der Waals surface area contributed by atoms with Gasteiger partial charge in [-0.3, -0.25) is 9.59 Å². The predicted molar refractivity (Wildman–Crippen MR) is 99.3 cm³/mol. The molecule has 3 rings (SSSR count). The Kier molecular flexibility index (Phi) is 5.48. The standard InChI is InChI=1S/C20H24FN3O3/c1-14-12-16(15(2)22(14)3)20(26)24-10-8-23(9-11-24)19(25)13-27-18-7-5-4-6-17(18)21/h4-7,12H,8-11,13H2,1-3H3. The molecular weight excluding hydrogens is 349 g/mol. The molecule has 1 aromatic heterocycles. The first kappa shape index (κ1) is 18.9. The number of aromatic nitrogens is 1. The van der Waals surface area contributed by atoms with Gasteiger partial charge in [0, 0.05) is 44.6 Å². The molecular formula is C20H24FN3O3. The number of halogens is 1. The van der Waals surface area contributed by atoms with Crippen molar-refractivity contribution >= 4 is 11.8 Å². The fraction of sp³-hybridized carbons (Fsp3) is 0.400. The second-order valence-electron chi connectivity index (χ2n) is 6.74. The molecule has 7 heteroatoms. The Bertz CT molecular complexity index is 854. The monoisotopic (exact) mass is 373 g/mol. The van der Waals surface area contributed by atoms with Gasteiger partial charge in [-0.25, -0.2) is 4.39 Å². The molecule has 0 bridgehead atoms. The topological polar surface area (TPSA) is 54.8 Å². The van der Waals surface area contributed by atoms with Crippen LogP contribution in [0, 0.1) is 19.7 Å². The average Bonchev–Trinajstić information content (AvgIpc) is 2.94. The summed E-state index contributed by atoms with van der Waals surface area (Å²) in [5, 5.41) is 0. The highest BCUT2D eigenvalue weighted by Gasteiger charge is 2.27. The lowest BCUT2D eigenvalue weighted by atomic mass is 10.2. The molecule has 6 nitrogen and oxygen atoms in total. The molecule has 0 N–H and O–H groups in total. The number of nitrogens with zero attached hydrogens (tertiary/aromatic N) is 3. The van der Waals surface area contributed by atoms with E-state index in [4.69, 9.17) is 4.74 Å². The van der Waals surface area contributed by atoms with Crippen LogP contribution in [-0.4, -0.2) is 59.0 Å². The number of hydrogen-bond donors (Lipinski definition) is 0. The highest BCUT2D eigenvalue weighted by atomic mass is 19.1. The van der Waals surface area contributed by atoms with Crippen LogP contribution in [0.2, 0.25) is 0 Å². The Morgan fingerprint density at radius 1 is 1.07 bits per heavy atom. The molecule has 1 fully saturated rings. The van der Waals surface area contributed by atoms with Crippen molar-refractivity contribution in [2.45, 2.75) is 13.8 Å². The number of amides is 2. The van der Waals surface area contributed by atoms with E-state index in [9.17, 15) is 14.0 Å². The summed E-state index contributed by atoms with van der Waals surface area (Å²) in [6.07, 6.45) is 0. The van der Waals surface area contributed by atoms with Gasteiger partial charge in [0.05, 0.1) is 5.56 Å². The van der Waals surface area contributed by atoms with Gasteiger partial charge in [0.25, 0.3) is 11.8 Å². The molecule has 1 aromatic carbocycles. The number of hydrogen-bond acceptors (Lipinski definition) is 3. The van der Waals surface area contributed by atoms with Crippen molar-refractivity contribution in [2.24, 2.45) is 7.05 Å². The summed E-state index contributed by atoms with van der Waals surface area (Å²) in [7, 11) is 1.94. The number of benzene rings is 1. The van der Waals surface area contributed by atoms with Gasteiger partial charge >= 0.3 is 0 Å². The molecule has 2 aromatic rings. The second-order valence-corrected chi connectivity index (χ2v) is 6.74. The summed E-state index contributed by atoms with van der Waals surface area (Å²) in [5.74, 6) is -0.646. The van der Waals surface area contributed by atoms with Gasteiger partial charge in [-0.1, -0.05) is 12.1 Å². The van der Waals surface area contributed by atoms with Crippen LogP contribution in [-0.2, 0) is 11.8 Å². The van der Waals surface area contributed by atoms with Crippen LogP contribution in [0.5, 0.6) is 5.75 Å². The third kappa shape index (κ3) is 3.97. The lowest BCUT2D eigenvalue weighted by Crippen LogP contribution is -2.51. The van der Waals surface area contributed by atoms with Crippen molar-refractivity contribution in [3.05, 3.63) is 53.1 Å². The summed E-state index contributed by atoms with van der Waals surface area (Å²) in [6, 6.07) is 7.90. The smallest absolute Gasteiger partial charge is 0.260 e. The molecule has 0 radical (unpaired) electrons. The zero-order chi connectivity index (χ0) is 19.6. The quantitative estimate of drug-likeness (QED) is 0.825. The first-order valence-electron chi connectivity index (χ1n) is 8.95. The van der Waals surface area contributed by atoms with Gasteiger partial charge in [-0.05, 0) is 32.0 Å². The number of rotatable bonds is 4. The molecule has 1 aliphatic heterocycles. The first-order valence-corrected chi connectivity index (χ1v) is 8.95. The minimum Gasteiger partial charge on any atom is -0.481 e. The van der Waals surface area contributed by atoms with Crippen LogP contribution >= 0.6 is 0 Å². The fourth-order valence-corrected chi connectivity index (χ4v) is 3.19. The van der Waals surface area contributed by atoms with Gasteiger partial charge in [-0.2, -0.15) is 0 Å². The highest BCUT2D eigenvalue weighted by molar-refractivity contribution is 5.96. The van der Waals surface area contributed by atoms with Crippen LogP contribution < -0.4 is 4.74 Å². The summed E-state index contributed by atoms with van der Waals surface area (Å²) in [4.78, 5) is 28.5. The van der Waals surface area contributed by atoms with Crippen LogP contribution in [0.15, 0.2) is 30.3 Å². The van der Waals surface area contributed by atoms with E-state index in [1.54, 1.807) is 21.9 Å². The van der Waals surface area contributed by atoms with E-state index in [1.807, 2.05) is 31.5 Å². The highest BCUT2D eigenvalue weighted by Crippen LogP contribution is 2.18. The Hall–Kier alpha value is -2.83. The van der Waals surface area contributed by atoms with E-state index in [1.165, 1.54) is 12.1 Å². The SMILES string of the molecule is Cc1cc(C(=O)N2CCN(C(=O)COc3ccccc3F)CC2)c(C)n1C. The molecule has 0 atom stereocenters. The van der Waals surface area contributed by atoms with Crippen molar-refractivity contribution in [1.82, 2.24) is 14.4 Å². The maximum Gasteiger partial charge on any atom is 0.260 e. The van der Waals surface area contributed by atoms with E-state index >= 15 is 0 Å². The van der Waals surface area contributed by atoms with Gasteiger partial charge in [-0.15, -0.1) is 0 Å². The number of piperazine rings is 1. The Morgan fingerprint density at radius 3 is 2.30 bits per heavy atom. The third-order valence-electron chi connectivity index (χ3n) is 5.11. The maximum absolute atomic E-state index is 13.6. The van der Waals surface area contributed by atoms with Crippen molar-refractivity contribution in [3.63, 3.8) is 0 Å². The number of carbonyl (C=O) groups is 2. The van der Waals surface area contributed by atoms with Crippen LogP contribution in [0.3, 0.4) is 0 Å². The Morgan fingerprint density at radius 2 is 1.70 bits per heavy atom. The van der Waals surface area contributed by atoms with Gasteiger partial charge in [0.15, 0.2) is 18.2 Å². The number of carbonyl (C=O) groups excluding carboxylic acids is 2. The Balaban J connectivity index is 1.53. The van der Waals surface area contributed by atoms with Crippen molar-refractivity contribution in [1.29, 1.82) is 0 Å². The molecule has 0 unspecified atom stereocenters. The van der Waals surface area contributed by atoms with Gasteiger partial charge < -0.3 is 19.1 Å². The first-order chi connectivity index (χ1) is 12.9. The largest absolute Gasteiger partial charge is 0.481 e. The maximum atomic E-state index is 13.6. The summed E-state index contributed by atoms with van der Waals surface area (Å²) < 4.78 is 20.8. The molecule has 0 aliphatic carbocycles. The van der Waals surface area contributed by atoms with Gasteiger partial charge in [0.1, 0.15) is 0 Å². The predicted octanol–water partition coefficient (Wildman–Crippen LogP) is 2.14. The molecule has 0 saturated carbocycles. The number of ether oxygens (including phenoxy) is 1. The zero-order valence-electron chi connectivity index (χ0n) is 15.9.